The van der Waals surface area contributed by atoms with E-state index < -0.39 is 0 Å². The Kier molecular flexibility index (Phi) is 2.58. The Morgan fingerprint density at radius 3 is 2.53 bits per heavy atom. The third-order valence-corrected chi connectivity index (χ3v) is 3.31. The molecule has 0 amide bonds. The van der Waals surface area contributed by atoms with Gasteiger partial charge in [-0.15, -0.1) is 0 Å². The van der Waals surface area contributed by atoms with Crippen LogP contribution in [0.2, 0.25) is 10.0 Å². The predicted molar refractivity (Wildman–Crippen MR) is 73.3 cm³/mol. The molecule has 0 atom stereocenters. The van der Waals surface area contributed by atoms with Crippen molar-refractivity contribution in [3.63, 3.8) is 0 Å². The Morgan fingerprint density at radius 1 is 0.882 bits per heavy atom. The van der Waals surface area contributed by atoms with E-state index in [1.54, 1.807) is 6.07 Å². The Labute approximate surface area is 109 Å². The van der Waals surface area contributed by atoms with Crippen molar-refractivity contribution in [3.05, 3.63) is 64.8 Å². The highest BCUT2D eigenvalue weighted by Gasteiger charge is 2.06. The van der Waals surface area contributed by atoms with Gasteiger partial charge in [-0.05, 0) is 35.7 Å². The Balaban J connectivity index is 2.27. The third-order valence-electron chi connectivity index (χ3n) is 2.77. The molecular weight excluding hydrogens is 253 g/mol. The quantitative estimate of drug-likeness (QED) is 0.585. The minimum absolute atomic E-state index is 0.648. The smallest absolute Gasteiger partial charge is 0.0661 e. The molecule has 0 bridgehead atoms. The van der Waals surface area contributed by atoms with E-state index in [9.17, 15) is 0 Å². The minimum atomic E-state index is 0.648. The Hall–Kier alpha value is -1.44. The van der Waals surface area contributed by atoms with Crippen LogP contribution >= 0.6 is 23.2 Å². The van der Waals surface area contributed by atoms with E-state index in [4.69, 9.17) is 23.2 Å². The van der Waals surface area contributed by atoms with Gasteiger partial charge in [0.25, 0.3) is 0 Å². The molecule has 3 heteroatoms. The lowest BCUT2D eigenvalue weighted by Crippen LogP contribution is -1.92. The lowest BCUT2D eigenvalue weighted by molar-refractivity contribution is 1.13. The van der Waals surface area contributed by atoms with Crippen LogP contribution in [0, 0.1) is 0 Å². The van der Waals surface area contributed by atoms with Crippen LogP contribution in [-0.2, 0) is 0 Å². The summed E-state index contributed by atoms with van der Waals surface area (Å²) in [7, 11) is 0. The number of rotatable bonds is 1. The van der Waals surface area contributed by atoms with Crippen LogP contribution in [0.1, 0.15) is 0 Å². The van der Waals surface area contributed by atoms with E-state index in [1.807, 2.05) is 30.5 Å². The summed E-state index contributed by atoms with van der Waals surface area (Å²) in [6.45, 7) is 0. The predicted octanol–water partition coefficient (Wildman–Crippen LogP) is 4.94. The van der Waals surface area contributed by atoms with Crippen molar-refractivity contribution >= 4 is 34.1 Å². The maximum atomic E-state index is 6.22. The minimum Gasteiger partial charge on any atom is -0.315 e. The van der Waals surface area contributed by atoms with Crippen LogP contribution in [0.3, 0.4) is 0 Å². The summed E-state index contributed by atoms with van der Waals surface area (Å²) in [5.41, 5.74) is 2.08. The van der Waals surface area contributed by atoms with Gasteiger partial charge < -0.3 is 4.57 Å². The number of fused-ring (bicyclic) bond motifs is 1. The molecule has 2 aromatic carbocycles. The maximum absolute atomic E-state index is 6.22. The standard InChI is InChI=1S/C14H9Cl2N/c15-11-5-6-14(12(16)9-11)17-8-7-10-3-1-2-4-13(10)17/h1-9H. The van der Waals surface area contributed by atoms with Crippen LogP contribution in [0.4, 0.5) is 0 Å². The second-order valence-corrected chi connectivity index (χ2v) is 4.68. The first-order valence-electron chi connectivity index (χ1n) is 5.27. The highest BCUT2D eigenvalue weighted by Crippen LogP contribution is 2.27. The molecular formula is C14H9Cl2N. The van der Waals surface area contributed by atoms with Crippen molar-refractivity contribution in [1.29, 1.82) is 0 Å². The fourth-order valence-electron chi connectivity index (χ4n) is 1.97. The molecule has 0 aliphatic heterocycles. The topological polar surface area (TPSA) is 4.93 Å². The van der Waals surface area contributed by atoms with Gasteiger partial charge in [-0.3, -0.25) is 0 Å². The van der Waals surface area contributed by atoms with E-state index in [0.717, 1.165) is 11.2 Å². The average molecular weight is 262 g/mol. The highest BCUT2D eigenvalue weighted by molar-refractivity contribution is 6.35. The first-order valence-corrected chi connectivity index (χ1v) is 6.03. The lowest BCUT2D eigenvalue weighted by Gasteiger charge is -2.07. The second-order valence-electron chi connectivity index (χ2n) is 3.84. The molecule has 0 saturated heterocycles. The summed E-state index contributed by atoms with van der Waals surface area (Å²) in [5.74, 6) is 0. The summed E-state index contributed by atoms with van der Waals surface area (Å²) in [6.07, 6.45) is 2.01. The normalized spacial score (nSPS) is 10.9. The Bertz CT molecular complexity index is 686. The number of para-hydroxylation sites is 1. The van der Waals surface area contributed by atoms with Crippen LogP contribution in [-0.4, -0.2) is 4.57 Å². The van der Waals surface area contributed by atoms with E-state index in [0.29, 0.717) is 10.0 Å². The molecule has 0 saturated carbocycles. The summed E-state index contributed by atoms with van der Waals surface area (Å²) in [6, 6.07) is 15.8. The number of nitrogens with zero attached hydrogens (tertiary/aromatic N) is 1. The van der Waals surface area contributed by atoms with E-state index in [2.05, 4.69) is 22.8 Å². The monoisotopic (exact) mass is 261 g/mol. The average Bonchev–Trinajstić information content (AvgIpc) is 2.73. The lowest BCUT2D eigenvalue weighted by atomic mass is 10.2. The first-order chi connectivity index (χ1) is 8.25. The van der Waals surface area contributed by atoms with Gasteiger partial charge in [0.1, 0.15) is 0 Å². The maximum Gasteiger partial charge on any atom is 0.0661 e. The van der Waals surface area contributed by atoms with E-state index in [1.165, 1.54) is 5.39 Å². The second kappa shape index (κ2) is 4.10. The van der Waals surface area contributed by atoms with Crippen molar-refractivity contribution in [2.45, 2.75) is 0 Å². The molecule has 0 fully saturated rings. The Morgan fingerprint density at radius 2 is 1.71 bits per heavy atom. The fraction of sp³-hybridized carbons (Fsp3) is 0. The van der Waals surface area contributed by atoms with Gasteiger partial charge in [0.15, 0.2) is 0 Å². The number of hydrogen-bond donors (Lipinski definition) is 0. The van der Waals surface area contributed by atoms with Gasteiger partial charge in [0.05, 0.1) is 16.2 Å². The zero-order valence-corrected chi connectivity index (χ0v) is 10.4. The molecule has 1 nitrogen and oxygen atoms in total. The summed E-state index contributed by atoms with van der Waals surface area (Å²) < 4.78 is 2.06. The molecule has 0 aliphatic rings. The van der Waals surface area contributed by atoms with Gasteiger partial charge in [-0.25, -0.2) is 0 Å². The number of halogens is 2. The van der Waals surface area contributed by atoms with Crippen LogP contribution in [0.25, 0.3) is 16.6 Å². The van der Waals surface area contributed by atoms with Gasteiger partial charge >= 0.3 is 0 Å². The molecule has 0 N–H and O–H groups in total. The fourth-order valence-corrected chi connectivity index (χ4v) is 2.47. The van der Waals surface area contributed by atoms with Crippen LogP contribution in [0.5, 0.6) is 0 Å². The first kappa shape index (κ1) is 10.7. The molecule has 0 unspecified atom stereocenters. The molecule has 0 aliphatic carbocycles. The molecule has 3 aromatic rings. The van der Waals surface area contributed by atoms with Crippen molar-refractivity contribution < 1.29 is 0 Å². The molecule has 0 spiro atoms. The molecule has 84 valence electrons. The summed E-state index contributed by atoms with van der Waals surface area (Å²) >= 11 is 12.1. The number of benzene rings is 2. The van der Waals surface area contributed by atoms with Crippen molar-refractivity contribution in [1.82, 2.24) is 4.57 Å². The van der Waals surface area contributed by atoms with Crippen LogP contribution < -0.4 is 0 Å². The van der Waals surface area contributed by atoms with Gasteiger partial charge in [-0.2, -0.15) is 0 Å². The zero-order chi connectivity index (χ0) is 11.8. The highest BCUT2D eigenvalue weighted by atomic mass is 35.5. The van der Waals surface area contributed by atoms with Crippen molar-refractivity contribution in [2.24, 2.45) is 0 Å². The van der Waals surface area contributed by atoms with Gasteiger partial charge in [0, 0.05) is 11.2 Å². The van der Waals surface area contributed by atoms with Crippen molar-refractivity contribution in [3.8, 4) is 5.69 Å². The van der Waals surface area contributed by atoms with Crippen LogP contribution in [0.15, 0.2) is 54.7 Å². The molecule has 0 radical (unpaired) electrons. The molecule has 1 heterocycles. The van der Waals surface area contributed by atoms with E-state index in [-0.39, 0.29) is 0 Å². The van der Waals surface area contributed by atoms with Gasteiger partial charge in [-0.1, -0.05) is 41.4 Å². The number of hydrogen-bond acceptors (Lipinski definition) is 0. The summed E-state index contributed by atoms with van der Waals surface area (Å²) in [4.78, 5) is 0. The SMILES string of the molecule is Clc1ccc(-n2ccc3ccccc32)c(Cl)c1. The zero-order valence-electron chi connectivity index (χ0n) is 8.90. The molecule has 3 rings (SSSR count). The van der Waals surface area contributed by atoms with E-state index >= 15 is 0 Å². The number of aromatic nitrogens is 1. The third kappa shape index (κ3) is 1.82. The van der Waals surface area contributed by atoms with Gasteiger partial charge in [0.2, 0.25) is 0 Å². The molecule has 17 heavy (non-hydrogen) atoms. The largest absolute Gasteiger partial charge is 0.315 e. The van der Waals surface area contributed by atoms with Crippen molar-refractivity contribution in [2.75, 3.05) is 0 Å². The molecule has 1 aromatic heterocycles. The summed E-state index contributed by atoms with van der Waals surface area (Å²) in [5, 5.41) is 2.49.